The van der Waals surface area contributed by atoms with E-state index in [0.717, 1.165) is 6.42 Å². The van der Waals surface area contributed by atoms with Gasteiger partial charge in [-0.25, -0.2) is 9.80 Å². The van der Waals surface area contributed by atoms with Gasteiger partial charge in [-0.3, -0.25) is 0 Å². The molecule has 5 nitrogen and oxygen atoms in total. The lowest BCUT2D eigenvalue weighted by Crippen LogP contribution is -2.52. The number of nitrogens with one attached hydrogen (secondary N) is 1. The molecular formula is C17H31N3O2. The van der Waals surface area contributed by atoms with Crippen molar-refractivity contribution in [3.63, 3.8) is 0 Å². The van der Waals surface area contributed by atoms with E-state index < -0.39 is 5.60 Å². The first-order valence-electron chi connectivity index (χ1n) is 8.11. The van der Waals surface area contributed by atoms with Crippen LogP contribution in [0.2, 0.25) is 0 Å². The van der Waals surface area contributed by atoms with Crippen LogP contribution in [0.4, 0.5) is 4.79 Å². The first-order chi connectivity index (χ1) is 9.90. The number of nitrogens with zero attached hydrogens (tertiary/aromatic N) is 2. The molecule has 126 valence electrons. The van der Waals surface area contributed by atoms with Gasteiger partial charge in [-0.2, -0.15) is 0 Å². The third kappa shape index (κ3) is 3.40. The lowest BCUT2D eigenvalue weighted by Gasteiger charge is -2.43. The Labute approximate surface area is 134 Å². The van der Waals surface area contributed by atoms with Crippen molar-refractivity contribution in [2.45, 2.75) is 72.6 Å². The molecule has 0 spiro atoms. The Morgan fingerprint density at radius 1 is 1.23 bits per heavy atom. The van der Waals surface area contributed by atoms with E-state index in [1.807, 2.05) is 32.7 Å². The maximum atomic E-state index is 12.7. The second-order valence-electron chi connectivity index (χ2n) is 8.60. The molecule has 2 atom stereocenters. The van der Waals surface area contributed by atoms with E-state index in [-0.39, 0.29) is 17.6 Å². The average molecular weight is 309 g/mol. The molecule has 5 heteroatoms. The van der Waals surface area contributed by atoms with Crippen molar-refractivity contribution in [3.8, 4) is 0 Å². The molecule has 2 aliphatic rings. The normalized spacial score (nSPS) is 26.8. The van der Waals surface area contributed by atoms with Crippen molar-refractivity contribution in [3.05, 3.63) is 11.3 Å². The summed E-state index contributed by atoms with van der Waals surface area (Å²) in [7, 11) is 2.05. The van der Waals surface area contributed by atoms with Gasteiger partial charge in [-0.1, -0.05) is 20.8 Å². The molecule has 22 heavy (non-hydrogen) atoms. The van der Waals surface area contributed by atoms with Gasteiger partial charge in [0.25, 0.3) is 0 Å². The quantitative estimate of drug-likeness (QED) is 0.746. The summed E-state index contributed by atoms with van der Waals surface area (Å²) in [4.78, 5) is 14.6. The molecule has 1 amide bonds. The summed E-state index contributed by atoms with van der Waals surface area (Å²) in [6.07, 6.45) is 0.646. The summed E-state index contributed by atoms with van der Waals surface area (Å²) in [5.74, 6) is 0. The second-order valence-corrected chi connectivity index (χ2v) is 8.60. The highest BCUT2D eigenvalue weighted by Crippen LogP contribution is 2.37. The van der Waals surface area contributed by atoms with E-state index in [1.54, 1.807) is 0 Å². The molecule has 0 aromatic heterocycles. The fourth-order valence-electron chi connectivity index (χ4n) is 3.15. The van der Waals surface area contributed by atoms with Crippen LogP contribution in [0.3, 0.4) is 0 Å². The van der Waals surface area contributed by atoms with Gasteiger partial charge in [0, 0.05) is 31.8 Å². The third-order valence-electron chi connectivity index (χ3n) is 4.53. The zero-order valence-electron chi connectivity index (χ0n) is 15.3. The van der Waals surface area contributed by atoms with Gasteiger partial charge in [-0.15, -0.1) is 0 Å². The SMILES string of the molecule is CC1C2=C(CC(C(C)(C)C)N(C(=O)OC(C)(C)C)C2)NN1C. The number of carbonyl (C=O) groups is 1. The minimum absolute atomic E-state index is 0.00150. The van der Waals surface area contributed by atoms with Gasteiger partial charge >= 0.3 is 6.09 Å². The van der Waals surface area contributed by atoms with Crippen molar-refractivity contribution in [1.29, 1.82) is 0 Å². The molecule has 2 aliphatic heterocycles. The monoisotopic (exact) mass is 309 g/mol. The maximum Gasteiger partial charge on any atom is 0.410 e. The van der Waals surface area contributed by atoms with Crippen molar-refractivity contribution >= 4 is 6.09 Å². The van der Waals surface area contributed by atoms with Gasteiger partial charge in [0.15, 0.2) is 0 Å². The van der Waals surface area contributed by atoms with Gasteiger partial charge in [-0.05, 0) is 38.7 Å². The first-order valence-corrected chi connectivity index (χ1v) is 8.11. The zero-order valence-corrected chi connectivity index (χ0v) is 15.3. The van der Waals surface area contributed by atoms with Crippen LogP contribution in [0.15, 0.2) is 11.3 Å². The van der Waals surface area contributed by atoms with E-state index in [9.17, 15) is 4.79 Å². The average Bonchev–Trinajstić information content (AvgIpc) is 2.60. The molecule has 2 heterocycles. The maximum absolute atomic E-state index is 12.7. The summed E-state index contributed by atoms with van der Waals surface area (Å²) in [6, 6.07) is 0.438. The van der Waals surface area contributed by atoms with Crippen LogP contribution in [0.5, 0.6) is 0 Å². The van der Waals surface area contributed by atoms with Crippen LogP contribution in [0.25, 0.3) is 0 Å². The molecule has 0 saturated carbocycles. The lowest BCUT2D eigenvalue weighted by atomic mass is 9.80. The molecule has 2 rings (SSSR count). The van der Waals surface area contributed by atoms with Crippen LogP contribution in [-0.2, 0) is 4.74 Å². The smallest absolute Gasteiger partial charge is 0.410 e. The molecule has 2 unspecified atom stereocenters. The number of hydrogen-bond acceptors (Lipinski definition) is 4. The Morgan fingerprint density at radius 3 is 2.32 bits per heavy atom. The highest BCUT2D eigenvalue weighted by Gasteiger charge is 2.43. The number of hydrazine groups is 1. The number of carbonyl (C=O) groups excluding carboxylic acids is 1. The molecular weight excluding hydrogens is 278 g/mol. The Bertz CT molecular complexity index is 485. The van der Waals surface area contributed by atoms with Crippen molar-refractivity contribution < 1.29 is 9.53 Å². The fourth-order valence-corrected chi connectivity index (χ4v) is 3.15. The van der Waals surface area contributed by atoms with Crippen molar-refractivity contribution in [1.82, 2.24) is 15.3 Å². The fraction of sp³-hybridized carbons (Fsp3) is 0.824. The molecule has 1 N–H and O–H groups in total. The standard InChI is InChI=1S/C17H31N3O2/c1-11-12-10-20(15(21)22-17(5,6)7)14(16(2,3)4)9-13(12)18-19(11)8/h11,14,18H,9-10H2,1-8H3. The van der Waals surface area contributed by atoms with E-state index in [4.69, 9.17) is 4.74 Å². The van der Waals surface area contributed by atoms with Crippen LogP contribution in [0.1, 0.15) is 54.9 Å². The molecule has 0 saturated heterocycles. The van der Waals surface area contributed by atoms with Crippen molar-refractivity contribution in [2.75, 3.05) is 13.6 Å². The Hall–Kier alpha value is -1.23. The molecule has 0 bridgehead atoms. The number of amides is 1. The van der Waals surface area contributed by atoms with Crippen LogP contribution < -0.4 is 5.43 Å². The summed E-state index contributed by atoms with van der Waals surface area (Å²) in [6.45, 7) is 15.1. The zero-order chi connectivity index (χ0) is 16.9. The number of hydrogen-bond donors (Lipinski definition) is 1. The van der Waals surface area contributed by atoms with E-state index in [1.165, 1.54) is 11.3 Å². The van der Waals surface area contributed by atoms with Gasteiger partial charge < -0.3 is 15.1 Å². The number of ether oxygens (including phenoxy) is 1. The van der Waals surface area contributed by atoms with Gasteiger partial charge in [0.1, 0.15) is 5.60 Å². The second kappa shape index (κ2) is 5.44. The number of rotatable bonds is 0. The number of likely N-dealkylation sites (N-methyl/N-ethyl adjacent to an activating group) is 1. The van der Waals surface area contributed by atoms with Crippen LogP contribution in [-0.4, -0.2) is 47.3 Å². The Kier molecular flexibility index (Phi) is 4.24. The molecule has 0 aromatic carbocycles. The minimum Gasteiger partial charge on any atom is -0.444 e. The third-order valence-corrected chi connectivity index (χ3v) is 4.53. The highest BCUT2D eigenvalue weighted by atomic mass is 16.6. The predicted molar refractivity (Wildman–Crippen MR) is 88.2 cm³/mol. The molecule has 0 radical (unpaired) electrons. The molecule has 0 fully saturated rings. The Morgan fingerprint density at radius 2 is 1.82 bits per heavy atom. The minimum atomic E-state index is -0.468. The van der Waals surface area contributed by atoms with Crippen molar-refractivity contribution in [2.24, 2.45) is 5.41 Å². The lowest BCUT2D eigenvalue weighted by molar-refractivity contribution is 0.00232. The summed E-state index contributed by atoms with van der Waals surface area (Å²) >= 11 is 0. The summed E-state index contributed by atoms with van der Waals surface area (Å²) in [5, 5.41) is 2.11. The van der Waals surface area contributed by atoms with Crippen LogP contribution in [0, 0.1) is 5.41 Å². The van der Waals surface area contributed by atoms with E-state index in [0.29, 0.717) is 12.6 Å². The largest absolute Gasteiger partial charge is 0.444 e. The van der Waals surface area contributed by atoms with Crippen LogP contribution >= 0.6 is 0 Å². The van der Waals surface area contributed by atoms with E-state index >= 15 is 0 Å². The molecule has 0 aliphatic carbocycles. The predicted octanol–water partition coefficient (Wildman–Crippen LogP) is 3.13. The van der Waals surface area contributed by atoms with E-state index in [2.05, 4.69) is 38.1 Å². The summed E-state index contributed by atoms with van der Waals surface area (Å²) < 4.78 is 5.64. The topological polar surface area (TPSA) is 44.8 Å². The molecule has 0 aromatic rings. The van der Waals surface area contributed by atoms with Gasteiger partial charge in [0.2, 0.25) is 0 Å². The summed E-state index contributed by atoms with van der Waals surface area (Å²) in [5.41, 5.74) is 5.56. The Balaban J connectivity index is 2.28. The first kappa shape index (κ1) is 17.1. The van der Waals surface area contributed by atoms with Gasteiger partial charge in [0.05, 0.1) is 6.04 Å². The highest BCUT2D eigenvalue weighted by molar-refractivity contribution is 5.70.